The Morgan fingerprint density at radius 3 is 2.46 bits per heavy atom. The topological polar surface area (TPSA) is 89.0 Å². The smallest absolute Gasteiger partial charge is 0.301 e. The molecule has 0 spiro atoms. The Balaban J connectivity index is 1.75. The van der Waals surface area contributed by atoms with Gasteiger partial charge in [0.05, 0.1) is 36.1 Å². The highest BCUT2D eigenvalue weighted by atomic mass is 32.1. The zero-order valence-corrected chi connectivity index (χ0v) is 22.0. The zero-order valence-electron chi connectivity index (χ0n) is 21.2. The van der Waals surface area contributed by atoms with Crippen molar-refractivity contribution in [3.8, 4) is 11.5 Å². The van der Waals surface area contributed by atoms with Gasteiger partial charge in [0.2, 0.25) is 0 Å². The first kappa shape index (κ1) is 24.5. The summed E-state index contributed by atoms with van der Waals surface area (Å²) < 4.78 is 11.7. The molecule has 7 nitrogen and oxygen atoms in total. The first-order valence-corrected chi connectivity index (χ1v) is 12.5. The van der Waals surface area contributed by atoms with Gasteiger partial charge in [-0.15, -0.1) is 0 Å². The molecule has 0 bridgehead atoms. The predicted octanol–water partition coefficient (Wildman–Crippen LogP) is 5.87. The summed E-state index contributed by atoms with van der Waals surface area (Å²) in [6.07, 6.45) is 0. The summed E-state index contributed by atoms with van der Waals surface area (Å²) in [5, 5.41) is 11.8. The van der Waals surface area contributed by atoms with Crippen LogP contribution in [0, 0.1) is 20.8 Å². The first-order valence-electron chi connectivity index (χ1n) is 11.7. The molecule has 188 valence electrons. The van der Waals surface area contributed by atoms with E-state index in [4.69, 9.17) is 14.5 Å². The predicted molar refractivity (Wildman–Crippen MR) is 145 cm³/mol. The number of carbonyl (C=O) groups is 2. The van der Waals surface area contributed by atoms with Gasteiger partial charge in [-0.1, -0.05) is 29.5 Å². The van der Waals surface area contributed by atoms with E-state index in [1.165, 1.54) is 16.2 Å². The quantitative estimate of drug-likeness (QED) is 0.204. The number of hydrogen-bond donors (Lipinski definition) is 1. The van der Waals surface area contributed by atoms with Crippen molar-refractivity contribution in [3.05, 3.63) is 88.0 Å². The highest BCUT2D eigenvalue weighted by Gasteiger charge is 2.48. The van der Waals surface area contributed by atoms with E-state index >= 15 is 0 Å². The second kappa shape index (κ2) is 9.37. The molecule has 3 aromatic carbocycles. The number of nitrogens with zero attached hydrogens (tertiary/aromatic N) is 2. The molecule has 2 heterocycles. The van der Waals surface area contributed by atoms with Crippen LogP contribution in [0.1, 0.15) is 33.9 Å². The Hall–Kier alpha value is -4.17. The number of rotatable bonds is 5. The molecule has 0 aliphatic carbocycles. The van der Waals surface area contributed by atoms with Crippen molar-refractivity contribution in [3.63, 3.8) is 0 Å². The second-order valence-corrected chi connectivity index (χ2v) is 10.1. The van der Waals surface area contributed by atoms with Crippen LogP contribution in [0.5, 0.6) is 11.5 Å². The van der Waals surface area contributed by atoms with Crippen molar-refractivity contribution in [1.82, 2.24) is 4.98 Å². The van der Waals surface area contributed by atoms with Crippen LogP contribution in [-0.4, -0.2) is 36.0 Å². The fourth-order valence-corrected chi connectivity index (χ4v) is 5.97. The molecule has 0 unspecified atom stereocenters. The molecule has 1 N–H and O–H groups in total. The number of ether oxygens (including phenoxy) is 2. The lowest BCUT2D eigenvalue weighted by atomic mass is 9.94. The highest BCUT2D eigenvalue weighted by molar-refractivity contribution is 7.22. The van der Waals surface area contributed by atoms with Gasteiger partial charge in [-0.3, -0.25) is 14.5 Å². The fraction of sp³-hybridized carbons (Fsp3) is 0.207. The summed E-state index contributed by atoms with van der Waals surface area (Å²) in [6, 6.07) is 15.4. The molecule has 1 fully saturated rings. The van der Waals surface area contributed by atoms with Gasteiger partial charge in [-0.05, 0) is 79.4 Å². The van der Waals surface area contributed by atoms with Crippen LogP contribution in [0.4, 0.5) is 5.13 Å². The second-order valence-electron chi connectivity index (χ2n) is 9.06. The van der Waals surface area contributed by atoms with E-state index in [9.17, 15) is 14.7 Å². The Kier molecular flexibility index (Phi) is 6.21. The third kappa shape index (κ3) is 4.13. The van der Waals surface area contributed by atoms with Gasteiger partial charge in [0.1, 0.15) is 17.3 Å². The number of amides is 1. The molecule has 4 aromatic rings. The molecule has 1 aliphatic rings. The zero-order chi connectivity index (χ0) is 26.4. The minimum atomic E-state index is -0.889. The molecule has 0 radical (unpaired) electrons. The lowest BCUT2D eigenvalue weighted by Gasteiger charge is -2.23. The number of Topliss-reactive ketones (excluding diaryl/α,β-unsaturated/α-hetero) is 1. The summed E-state index contributed by atoms with van der Waals surface area (Å²) >= 11 is 1.34. The summed E-state index contributed by atoms with van der Waals surface area (Å²) in [6.45, 7) is 5.82. The molecule has 0 saturated carbocycles. The van der Waals surface area contributed by atoms with E-state index in [-0.39, 0.29) is 11.3 Å². The molecular formula is C29H26N2O5S. The number of fused-ring (bicyclic) bond motifs is 1. The maximum Gasteiger partial charge on any atom is 0.301 e. The van der Waals surface area contributed by atoms with E-state index in [0.717, 1.165) is 26.9 Å². The molecule has 5 rings (SSSR count). The minimum Gasteiger partial charge on any atom is -0.507 e. The average Bonchev–Trinajstić information content (AvgIpc) is 3.42. The molecule has 8 heteroatoms. The molecule has 1 atom stereocenters. The summed E-state index contributed by atoms with van der Waals surface area (Å²) in [5.74, 6) is -0.549. The molecule has 1 aliphatic heterocycles. The summed E-state index contributed by atoms with van der Waals surface area (Å²) in [5.41, 5.74) is 4.67. The number of aromatic nitrogens is 1. The number of benzene rings is 3. The number of hydrogen-bond acceptors (Lipinski definition) is 7. The largest absolute Gasteiger partial charge is 0.507 e. The van der Waals surface area contributed by atoms with Gasteiger partial charge in [0, 0.05) is 5.56 Å². The van der Waals surface area contributed by atoms with Crippen LogP contribution in [0.3, 0.4) is 0 Å². The summed E-state index contributed by atoms with van der Waals surface area (Å²) in [7, 11) is 3.12. The number of anilines is 1. The van der Waals surface area contributed by atoms with E-state index in [0.29, 0.717) is 27.8 Å². The number of aliphatic hydroxyl groups excluding tert-OH is 1. The monoisotopic (exact) mass is 514 g/mol. The third-order valence-electron chi connectivity index (χ3n) is 6.55. The molecular weight excluding hydrogens is 488 g/mol. The van der Waals surface area contributed by atoms with Gasteiger partial charge in [-0.25, -0.2) is 4.98 Å². The minimum absolute atomic E-state index is 0.00465. The van der Waals surface area contributed by atoms with Gasteiger partial charge in [0.25, 0.3) is 5.78 Å². The average molecular weight is 515 g/mol. The lowest BCUT2D eigenvalue weighted by Crippen LogP contribution is -2.29. The Bertz CT molecular complexity index is 1600. The molecule has 1 saturated heterocycles. The molecule has 1 aromatic heterocycles. The maximum absolute atomic E-state index is 13.5. The first-order chi connectivity index (χ1) is 17.7. The van der Waals surface area contributed by atoms with Crippen LogP contribution in [0.15, 0.2) is 60.2 Å². The van der Waals surface area contributed by atoms with E-state index in [1.807, 2.05) is 32.9 Å². The molecule has 37 heavy (non-hydrogen) atoms. The van der Waals surface area contributed by atoms with Crippen molar-refractivity contribution >= 4 is 44.1 Å². The van der Waals surface area contributed by atoms with E-state index in [1.54, 1.807) is 56.7 Å². The van der Waals surface area contributed by atoms with Crippen LogP contribution in [-0.2, 0) is 9.59 Å². The Morgan fingerprint density at radius 1 is 0.973 bits per heavy atom. The van der Waals surface area contributed by atoms with Crippen molar-refractivity contribution in [2.75, 3.05) is 19.1 Å². The van der Waals surface area contributed by atoms with Crippen molar-refractivity contribution < 1.29 is 24.2 Å². The lowest BCUT2D eigenvalue weighted by molar-refractivity contribution is -0.132. The van der Waals surface area contributed by atoms with Crippen molar-refractivity contribution in [2.24, 2.45) is 0 Å². The Labute approximate surface area is 218 Å². The van der Waals surface area contributed by atoms with Crippen molar-refractivity contribution in [2.45, 2.75) is 26.8 Å². The third-order valence-corrected chi connectivity index (χ3v) is 7.55. The van der Waals surface area contributed by atoms with Gasteiger partial charge >= 0.3 is 5.91 Å². The van der Waals surface area contributed by atoms with Crippen molar-refractivity contribution in [1.29, 1.82) is 0 Å². The van der Waals surface area contributed by atoms with E-state index in [2.05, 4.69) is 0 Å². The van der Waals surface area contributed by atoms with Crippen LogP contribution in [0.25, 0.3) is 16.0 Å². The van der Waals surface area contributed by atoms with Gasteiger partial charge < -0.3 is 14.6 Å². The number of carbonyl (C=O) groups excluding carboxylic acids is 2. The summed E-state index contributed by atoms with van der Waals surface area (Å²) in [4.78, 5) is 33.2. The number of methoxy groups -OCH3 is 2. The van der Waals surface area contributed by atoms with Crippen LogP contribution >= 0.6 is 11.3 Å². The normalized spacial score (nSPS) is 17.0. The molecule has 1 amide bonds. The SMILES string of the molecule is COc1cccc([C@@H]2/C(=C(\O)c3ccc(OC)c(C)c3)C(=O)C(=O)N2c2nc3c(C)cc(C)cc3s2)c1. The standard InChI is InChI=1S/C29H26N2O5S/c1-15-11-17(3)24-22(12-15)37-29(30-24)31-25(18-7-6-8-20(14-18)35-4)23(27(33)28(31)34)26(32)19-9-10-21(36-5)16(2)13-19/h6-14,25,32H,1-5H3/b26-23+/t25-/m1/s1. The Morgan fingerprint density at radius 2 is 1.76 bits per heavy atom. The van der Waals surface area contributed by atoms with Crippen LogP contribution < -0.4 is 14.4 Å². The number of aliphatic hydroxyl groups is 1. The fourth-order valence-electron chi connectivity index (χ4n) is 4.80. The number of thiazole rings is 1. The number of ketones is 1. The van der Waals surface area contributed by atoms with E-state index < -0.39 is 17.7 Å². The highest BCUT2D eigenvalue weighted by Crippen LogP contribution is 2.45. The van der Waals surface area contributed by atoms with Gasteiger partial charge in [0.15, 0.2) is 5.13 Å². The van der Waals surface area contributed by atoms with Gasteiger partial charge in [-0.2, -0.15) is 0 Å². The van der Waals surface area contributed by atoms with Crippen LogP contribution in [0.2, 0.25) is 0 Å². The number of aryl methyl sites for hydroxylation is 3. The maximum atomic E-state index is 13.5.